The van der Waals surface area contributed by atoms with Gasteiger partial charge in [0.1, 0.15) is 12.7 Å². The Morgan fingerprint density at radius 2 is 1.74 bits per heavy atom. The predicted molar refractivity (Wildman–Crippen MR) is 115 cm³/mol. The van der Waals surface area contributed by atoms with E-state index in [-0.39, 0.29) is 13.0 Å². The molecule has 1 N–H and O–H groups in total. The third-order valence-electron chi connectivity index (χ3n) is 5.94. The maximum Gasteiger partial charge on any atom is 0.331 e. The molecule has 1 aromatic carbocycles. The molecular formula is C23H24N2O9. The first kappa shape index (κ1) is 23.4. The van der Waals surface area contributed by atoms with Crippen molar-refractivity contribution in [2.45, 2.75) is 57.1 Å². The molecule has 0 amide bonds. The summed E-state index contributed by atoms with van der Waals surface area (Å²) in [6, 6.07) is 10.3. The fraction of sp³-hybridized carbons (Fsp3) is 0.435. The molecule has 0 aliphatic carbocycles. The number of esters is 3. The van der Waals surface area contributed by atoms with Crippen molar-refractivity contribution in [2.75, 3.05) is 6.61 Å². The van der Waals surface area contributed by atoms with Gasteiger partial charge in [-0.25, -0.2) is 4.79 Å². The molecule has 34 heavy (non-hydrogen) atoms. The minimum absolute atomic E-state index is 0.202. The first-order chi connectivity index (χ1) is 16.1. The minimum Gasteiger partial charge on any atom is -0.463 e. The highest BCUT2D eigenvalue weighted by Crippen LogP contribution is 2.52. The van der Waals surface area contributed by atoms with Gasteiger partial charge in [-0.1, -0.05) is 30.3 Å². The molecule has 11 heteroatoms. The minimum atomic E-state index is -1.69. The first-order valence-electron chi connectivity index (χ1n) is 10.7. The van der Waals surface area contributed by atoms with Crippen LogP contribution in [0.4, 0.5) is 0 Å². The summed E-state index contributed by atoms with van der Waals surface area (Å²) in [6.45, 7) is 3.25. The van der Waals surface area contributed by atoms with Crippen LogP contribution in [0.25, 0.3) is 0 Å². The van der Waals surface area contributed by atoms with Gasteiger partial charge in [0, 0.05) is 38.4 Å². The summed E-state index contributed by atoms with van der Waals surface area (Å²) in [5, 5.41) is 0. The van der Waals surface area contributed by atoms with E-state index in [1.54, 1.807) is 12.1 Å². The zero-order chi connectivity index (χ0) is 24.6. The van der Waals surface area contributed by atoms with Gasteiger partial charge in [0.05, 0.1) is 0 Å². The maximum absolute atomic E-state index is 13.1. The van der Waals surface area contributed by atoms with Gasteiger partial charge in [-0.05, 0) is 12.0 Å². The fourth-order valence-electron chi connectivity index (χ4n) is 4.89. The highest BCUT2D eigenvalue weighted by molar-refractivity contribution is 5.68. The number of hydrogen-bond acceptors (Lipinski definition) is 9. The summed E-state index contributed by atoms with van der Waals surface area (Å²) in [5.41, 5.74) is -1.95. The van der Waals surface area contributed by atoms with Gasteiger partial charge >= 0.3 is 23.6 Å². The molecule has 5 atom stereocenters. The quantitative estimate of drug-likeness (QED) is 0.482. The molecule has 4 rings (SSSR count). The standard InChI is InChI=1S/C23H24N2O9/c1-12(26)31-11-18-20(32-13(2)27)21(33-14(3)28)23(34-18)17(15-7-5-4-6-8-15)9-16-10-19(29)24-22(30)25(16)23/h4-8,10,17-18,20-21H,9,11H2,1-3H3,(H,24,29,30)/t17-,18+,20+,21+,23-/m0/s1. The Balaban J connectivity index is 1.97. The van der Waals surface area contributed by atoms with E-state index in [0.29, 0.717) is 5.69 Å². The van der Waals surface area contributed by atoms with Gasteiger partial charge in [-0.15, -0.1) is 0 Å². The SMILES string of the molecule is CC(=O)OC[C@H]1O[C@]2([C@H](OC(C)=O)[C@@H]1OC(C)=O)[C@H](c1ccccc1)Cc1cc(=O)[nH]c(=O)n12. The number of nitrogens with one attached hydrogen (secondary N) is 1. The van der Waals surface area contributed by atoms with Gasteiger partial charge in [0.2, 0.25) is 0 Å². The second-order valence-electron chi connectivity index (χ2n) is 8.25. The van der Waals surface area contributed by atoms with Crippen LogP contribution >= 0.6 is 0 Å². The highest BCUT2D eigenvalue weighted by Gasteiger charge is 2.67. The van der Waals surface area contributed by atoms with Crippen LogP contribution in [0, 0.1) is 0 Å². The van der Waals surface area contributed by atoms with E-state index in [0.717, 1.165) is 5.56 Å². The monoisotopic (exact) mass is 472 g/mol. The van der Waals surface area contributed by atoms with Crippen molar-refractivity contribution in [3.8, 4) is 0 Å². The Hall–Kier alpha value is -3.73. The third kappa shape index (κ3) is 4.03. The lowest BCUT2D eigenvalue weighted by molar-refractivity contribution is -0.185. The van der Waals surface area contributed by atoms with Gasteiger partial charge in [-0.2, -0.15) is 0 Å². The first-order valence-corrected chi connectivity index (χ1v) is 10.7. The smallest absolute Gasteiger partial charge is 0.331 e. The zero-order valence-corrected chi connectivity index (χ0v) is 18.8. The molecule has 0 unspecified atom stereocenters. The van der Waals surface area contributed by atoms with Crippen molar-refractivity contribution < 1.29 is 33.3 Å². The van der Waals surface area contributed by atoms with E-state index in [2.05, 4.69) is 4.98 Å². The van der Waals surface area contributed by atoms with Crippen LogP contribution in [0.3, 0.4) is 0 Å². The van der Waals surface area contributed by atoms with Crippen LogP contribution in [0.15, 0.2) is 46.0 Å². The van der Waals surface area contributed by atoms with Crippen LogP contribution in [0.5, 0.6) is 0 Å². The van der Waals surface area contributed by atoms with Gasteiger partial charge in [-0.3, -0.25) is 28.7 Å². The third-order valence-corrected chi connectivity index (χ3v) is 5.94. The van der Waals surface area contributed by atoms with Crippen molar-refractivity contribution in [1.29, 1.82) is 0 Å². The maximum atomic E-state index is 13.1. The van der Waals surface area contributed by atoms with Gasteiger partial charge < -0.3 is 18.9 Å². The highest BCUT2D eigenvalue weighted by atomic mass is 16.7. The molecule has 2 aromatic rings. The number of fused-ring (bicyclic) bond motifs is 2. The Morgan fingerprint density at radius 3 is 2.35 bits per heavy atom. The molecule has 0 radical (unpaired) electrons. The van der Waals surface area contributed by atoms with E-state index in [4.69, 9.17) is 18.9 Å². The van der Waals surface area contributed by atoms with Gasteiger partial charge in [0.15, 0.2) is 17.9 Å². The summed E-state index contributed by atoms with van der Waals surface area (Å²) >= 11 is 0. The number of rotatable bonds is 5. The van der Waals surface area contributed by atoms with Crippen LogP contribution in [0.2, 0.25) is 0 Å². The average molecular weight is 472 g/mol. The topological polar surface area (TPSA) is 143 Å². The van der Waals surface area contributed by atoms with Crippen LogP contribution in [0.1, 0.15) is 37.9 Å². The van der Waals surface area contributed by atoms with Crippen molar-refractivity contribution in [3.63, 3.8) is 0 Å². The molecule has 1 saturated heterocycles. The second kappa shape index (κ2) is 8.90. The number of carbonyl (C=O) groups is 3. The molecule has 3 heterocycles. The molecule has 1 spiro atoms. The van der Waals surface area contributed by atoms with Crippen molar-refractivity contribution in [1.82, 2.24) is 9.55 Å². The van der Waals surface area contributed by atoms with E-state index >= 15 is 0 Å². The fourth-order valence-corrected chi connectivity index (χ4v) is 4.89. The lowest BCUT2D eigenvalue weighted by Gasteiger charge is -2.37. The molecule has 1 aromatic heterocycles. The molecule has 0 saturated carbocycles. The zero-order valence-electron chi connectivity index (χ0n) is 18.8. The van der Waals surface area contributed by atoms with Crippen molar-refractivity contribution in [3.05, 3.63) is 68.5 Å². The van der Waals surface area contributed by atoms with Gasteiger partial charge in [0.25, 0.3) is 5.56 Å². The number of aromatic amines is 1. The lowest BCUT2D eigenvalue weighted by Crippen LogP contribution is -2.54. The number of H-pyrrole nitrogens is 1. The second-order valence-corrected chi connectivity index (χ2v) is 8.25. The number of ether oxygens (including phenoxy) is 4. The molecule has 1 fully saturated rings. The summed E-state index contributed by atoms with van der Waals surface area (Å²) in [7, 11) is 0. The molecule has 11 nitrogen and oxygen atoms in total. The summed E-state index contributed by atoms with van der Waals surface area (Å²) in [5.74, 6) is -2.58. The van der Waals surface area contributed by atoms with Crippen LogP contribution in [-0.2, 0) is 45.5 Å². The average Bonchev–Trinajstić information content (AvgIpc) is 3.22. The van der Waals surface area contributed by atoms with Crippen LogP contribution < -0.4 is 11.2 Å². The molecular weight excluding hydrogens is 448 g/mol. The van der Waals surface area contributed by atoms with Crippen molar-refractivity contribution >= 4 is 17.9 Å². The Morgan fingerprint density at radius 1 is 1.06 bits per heavy atom. The number of nitrogens with zero attached hydrogens (tertiary/aromatic N) is 1. The largest absolute Gasteiger partial charge is 0.463 e. The summed E-state index contributed by atoms with van der Waals surface area (Å²) < 4.78 is 23.9. The number of hydrogen-bond donors (Lipinski definition) is 1. The molecule has 0 bridgehead atoms. The van der Waals surface area contributed by atoms with E-state index < -0.39 is 59.1 Å². The lowest BCUT2D eigenvalue weighted by atomic mass is 9.84. The molecule has 180 valence electrons. The molecule has 2 aliphatic rings. The Labute approximate surface area is 193 Å². The number of aromatic nitrogens is 2. The van der Waals surface area contributed by atoms with Crippen molar-refractivity contribution in [2.24, 2.45) is 0 Å². The Bertz CT molecular complexity index is 1230. The number of carbonyl (C=O) groups excluding carboxylic acids is 3. The summed E-state index contributed by atoms with van der Waals surface area (Å²) in [6.07, 6.45) is -3.34. The van der Waals surface area contributed by atoms with E-state index in [1.807, 2.05) is 18.2 Å². The predicted octanol–water partition coefficient (Wildman–Crippen LogP) is 0.355. The molecule has 2 aliphatic heterocycles. The van der Waals surface area contributed by atoms with Crippen LogP contribution in [-0.4, -0.2) is 52.4 Å². The Kier molecular flexibility index (Phi) is 6.13. The van der Waals surface area contributed by atoms with E-state index in [1.165, 1.54) is 31.4 Å². The normalized spacial score (nSPS) is 27.3. The number of benzene rings is 1. The summed E-state index contributed by atoms with van der Waals surface area (Å²) in [4.78, 5) is 63.1. The van der Waals surface area contributed by atoms with E-state index in [9.17, 15) is 24.0 Å².